The second kappa shape index (κ2) is 8.29. The molecule has 0 spiro atoms. The molecular weight excluding hydrogens is 588 g/mol. The van der Waals surface area contributed by atoms with E-state index in [9.17, 15) is 71.9 Å². The topological polar surface area (TPSA) is 127 Å². The van der Waals surface area contributed by atoms with E-state index < -0.39 is 127 Å². The maximum atomic E-state index is 14.2. The Morgan fingerprint density at radius 3 is 0.725 bits per heavy atom. The number of amides is 4. The zero-order valence-corrected chi connectivity index (χ0v) is 18.6. The van der Waals surface area contributed by atoms with Gasteiger partial charge in [0.1, 0.15) is 0 Å². The van der Waals surface area contributed by atoms with Crippen LogP contribution in [0, 0.1) is 0 Å². The minimum absolute atomic E-state index is 0.636. The SMILES string of the molecule is NCN1C(=O)c2c(C(F)(F)F)c(C(F)(F)F)c3c4c(c(C(F)(F)F)c(C(F)(F)F)c(c24)C1=O)C(=O)N(CN)C3=O. The molecule has 0 radical (unpaired) electrons. The van der Waals surface area contributed by atoms with Crippen LogP contribution < -0.4 is 11.5 Å². The number of carbonyl (C=O) groups excluding carboxylic acids is 4. The summed E-state index contributed by atoms with van der Waals surface area (Å²) in [5.74, 6) is -9.48. The predicted octanol–water partition coefficient (Wildman–Crippen LogP) is 3.94. The van der Waals surface area contributed by atoms with Crippen molar-refractivity contribution in [1.82, 2.24) is 9.80 Å². The van der Waals surface area contributed by atoms with Crippen LogP contribution >= 0.6 is 0 Å². The van der Waals surface area contributed by atoms with Gasteiger partial charge in [0.05, 0.1) is 57.8 Å². The Hall–Kier alpha value is -3.94. The van der Waals surface area contributed by atoms with Gasteiger partial charge in [0.2, 0.25) is 0 Å². The predicted molar refractivity (Wildman–Crippen MR) is 103 cm³/mol. The van der Waals surface area contributed by atoms with Crippen LogP contribution in [0.15, 0.2) is 0 Å². The zero-order valence-electron chi connectivity index (χ0n) is 18.6. The van der Waals surface area contributed by atoms with Crippen LogP contribution in [-0.4, -0.2) is 46.8 Å². The van der Waals surface area contributed by atoms with Gasteiger partial charge in [0.15, 0.2) is 0 Å². The fourth-order valence-corrected chi connectivity index (χ4v) is 4.80. The van der Waals surface area contributed by atoms with E-state index in [2.05, 4.69) is 0 Å². The summed E-state index contributed by atoms with van der Waals surface area (Å²) in [5.41, 5.74) is -11.7. The molecule has 0 aromatic heterocycles. The van der Waals surface area contributed by atoms with Gasteiger partial charge in [0, 0.05) is 10.8 Å². The number of rotatable bonds is 2. The minimum atomic E-state index is -6.32. The van der Waals surface area contributed by atoms with Gasteiger partial charge in [0.25, 0.3) is 23.6 Å². The molecule has 2 aromatic rings. The van der Waals surface area contributed by atoms with E-state index in [1.807, 2.05) is 0 Å². The van der Waals surface area contributed by atoms with E-state index in [0.29, 0.717) is 0 Å². The molecule has 216 valence electrons. The molecule has 0 atom stereocenters. The quantitative estimate of drug-likeness (QED) is 0.400. The van der Waals surface area contributed by atoms with Crippen LogP contribution in [-0.2, 0) is 24.7 Å². The monoisotopic (exact) mass is 596 g/mol. The van der Waals surface area contributed by atoms with Crippen molar-refractivity contribution < 1.29 is 71.9 Å². The third-order valence-corrected chi connectivity index (χ3v) is 6.09. The highest BCUT2D eigenvalue weighted by Gasteiger charge is 2.59. The highest BCUT2D eigenvalue weighted by molar-refractivity contribution is 6.35. The summed E-state index contributed by atoms with van der Waals surface area (Å²) in [7, 11) is 0. The van der Waals surface area contributed by atoms with Gasteiger partial charge in [-0.2, -0.15) is 52.7 Å². The van der Waals surface area contributed by atoms with E-state index in [-0.39, 0.29) is 0 Å². The molecule has 0 aliphatic carbocycles. The number of carbonyl (C=O) groups is 4. The Morgan fingerprint density at radius 2 is 0.600 bits per heavy atom. The Morgan fingerprint density at radius 1 is 0.425 bits per heavy atom. The fourth-order valence-electron chi connectivity index (χ4n) is 4.80. The molecule has 20 heteroatoms. The number of benzene rings is 2. The summed E-state index contributed by atoms with van der Waals surface area (Å²) in [5, 5.41) is -4.10. The van der Waals surface area contributed by atoms with Crippen molar-refractivity contribution in [3.63, 3.8) is 0 Å². The van der Waals surface area contributed by atoms with Gasteiger partial charge in [-0.25, -0.2) is 0 Å². The van der Waals surface area contributed by atoms with Crippen molar-refractivity contribution in [2.75, 3.05) is 13.3 Å². The third-order valence-electron chi connectivity index (χ3n) is 6.09. The first-order valence-corrected chi connectivity index (χ1v) is 10.2. The number of halogens is 12. The van der Waals surface area contributed by atoms with Crippen LogP contribution in [0.2, 0.25) is 0 Å². The maximum absolute atomic E-state index is 14.2. The van der Waals surface area contributed by atoms with Crippen molar-refractivity contribution in [1.29, 1.82) is 0 Å². The zero-order chi connectivity index (χ0) is 30.7. The third kappa shape index (κ3) is 3.72. The van der Waals surface area contributed by atoms with Crippen molar-refractivity contribution in [3.05, 3.63) is 44.5 Å². The van der Waals surface area contributed by atoms with Gasteiger partial charge >= 0.3 is 24.7 Å². The number of alkyl halides is 12. The van der Waals surface area contributed by atoms with Crippen molar-refractivity contribution in [2.24, 2.45) is 11.5 Å². The molecule has 2 aliphatic heterocycles. The first-order chi connectivity index (χ1) is 18.0. The lowest BCUT2D eigenvalue weighted by atomic mass is 9.76. The van der Waals surface area contributed by atoms with Gasteiger partial charge in [-0.1, -0.05) is 0 Å². The molecule has 8 nitrogen and oxygen atoms in total. The van der Waals surface area contributed by atoms with Crippen LogP contribution in [0.4, 0.5) is 52.7 Å². The summed E-state index contributed by atoms with van der Waals surface area (Å²) in [6.45, 7) is -3.17. The Bertz CT molecular complexity index is 1330. The van der Waals surface area contributed by atoms with Gasteiger partial charge in [-0.05, 0) is 0 Å². The number of hydrogen-bond acceptors (Lipinski definition) is 6. The Labute approximate surface area is 211 Å². The summed E-state index contributed by atoms with van der Waals surface area (Å²) in [4.78, 5) is 50.3. The lowest BCUT2D eigenvalue weighted by Crippen LogP contribution is -2.50. The van der Waals surface area contributed by atoms with Crippen LogP contribution in [0.3, 0.4) is 0 Å². The summed E-state index contributed by atoms with van der Waals surface area (Å²) in [6, 6.07) is 0. The average Bonchev–Trinajstić information content (AvgIpc) is 2.77. The Kier molecular flexibility index (Phi) is 6.02. The number of nitrogens with zero attached hydrogens (tertiary/aromatic N) is 2. The largest absolute Gasteiger partial charge is 0.417 e. The second-order valence-corrected chi connectivity index (χ2v) is 8.18. The molecule has 0 bridgehead atoms. The number of hydrogen-bond donors (Lipinski definition) is 2. The molecule has 0 fully saturated rings. The van der Waals surface area contributed by atoms with Crippen LogP contribution in [0.25, 0.3) is 10.8 Å². The van der Waals surface area contributed by atoms with E-state index in [0.717, 1.165) is 0 Å². The molecule has 4 rings (SSSR count). The molecule has 2 aromatic carbocycles. The molecule has 2 aliphatic rings. The van der Waals surface area contributed by atoms with Crippen LogP contribution in [0.1, 0.15) is 63.7 Å². The van der Waals surface area contributed by atoms with Crippen molar-refractivity contribution in [3.8, 4) is 0 Å². The summed E-state index contributed by atoms with van der Waals surface area (Å²) < 4.78 is 171. The van der Waals surface area contributed by atoms with E-state index in [1.165, 1.54) is 0 Å². The van der Waals surface area contributed by atoms with Crippen molar-refractivity contribution >= 4 is 34.4 Å². The van der Waals surface area contributed by atoms with E-state index in [1.54, 1.807) is 0 Å². The fraction of sp³-hybridized carbons (Fsp3) is 0.300. The molecule has 4 amide bonds. The molecule has 2 heterocycles. The van der Waals surface area contributed by atoms with Crippen LogP contribution in [0.5, 0.6) is 0 Å². The first kappa shape index (κ1) is 29.1. The standard InChI is InChI=1S/C20H8F12N4O4/c21-17(22,23)9-5-3-4-7(11(9)19(27,28)29)15(39)36(2-34)16(40)8(4)12(20(30,31)32)10(18(24,25)26)6(3)14(38)35(1-33)13(5)37/h1-2,33-34H2. The number of imide groups is 2. The molecular formula is C20H8F12N4O4. The van der Waals surface area contributed by atoms with E-state index >= 15 is 0 Å². The minimum Gasteiger partial charge on any atom is -0.313 e. The molecule has 0 unspecified atom stereocenters. The van der Waals surface area contributed by atoms with E-state index in [4.69, 9.17) is 11.5 Å². The highest BCUT2D eigenvalue weighted by atomic mass is 19.4. The first-order valence-electron chi connectivity index (χ1n) is 10.2. The smallest absolute Gasteiger partial charge is 0.313 e. The second-order valence-electron chi connectivity index (χ2n) is 8.18. The lowest BCUT2D eigenvalue weighted by molar-refractivity contribution is -0.163. The summed E-state index contributed by atoms with van der Waals surface area (Å²) >= 11 is 0. The van der Waals surface area contributed by atoms with Gasteiger partial charge < -0.3 is 11.5 Å². The van der Waals surface area contributed by atoms with Gasteiger partial charge in [-0.3, -0.25) is 29.0 Å². The summed E-state index contributed by atoms with van der Waals surface area (Å²) in [6.07, 6.45) is -25.3. The maximum Gasteiger partial charge on any atom is 0.417 e. The molecule has 0 saturated heterocycles. The normalized spacial score (nSPS) is 16.6. The van der Waals surface area contributed by atoms with Crippen molar-refractivity contribution in [2.45, 2.75) is 24.7 Å². The molecule has 4 N–H and O–H groups in total. The molecule has 0 saturated carbocycles. The highest BCUT2D eigenvalue weighted by Crippen LogP contribution is 2.56. The number of nitrogens with two attached hydrogens (primary N) is 2. The molecule has 40 heavy (non-hydrogen) atoms. The van der Waals surface area contributed by atoms with Gasteiger partial charge in [-0.15, -0.1) is 0 Å². The Balaban J connectivity index is 2.62. The lowest BCUT2D eigenvalue weighted by Gasteiger charge is -2.37. The average molecular weight is 596 g/mol.